The number of rotatable bonds is 6. The molecule has 1 heterocycles. The molecule has 0 radical (unpaired) electrons. The molecule has 0 aromatic carbocycles. The van der Waals surface area contributed by atoms with E-state index in [-0.39, 0.29) is 18.1 Å². The molecule has 18 heavy (non-hydrogen) atoms. The summed E-state index contributed by atoms with van der Waals surface area (Å²) in [5, 5.41) is 3.43. The van der Waals surface area contributed by atoms with Crippen molar-refractivity contribution < 1.29 is 9.00 Å². The van der Waals surface area contributed by atoms with Crippen LogP contribution in [-0.2, 0) is 15.6 Å². The monoisotopic (exact) mass is 274 g/mol. The van der Waals surface area contributed by atoms with Gasteiger partial charge in [0.15, 0.2) is 0 Å². The predicted octanol–water partition coefficient (Wildman–Crippen LogP) is 1.19. The fourth-order valence-electron chi connectivity index (χ4n) is 2.38. The Morgan fingerprint density at radius 3 is 2.33 bits per heavy atom. The van der Waals surface area contributed by atoms with E-state index in [4.69, 9.17) is 0 Å². The number of hydrogen-bond donors (Lipinski definition) is 1. The fraction of sp³-hybridized carbons (Fsp3) is 0.923. The van der Waals surface area contributed by atoms with E-state index in [1.54, 1.807) is 6.26 Å². The first-order chi connectivity index (χ1) is 8.34. The molecule has 3 unspecified atom stereocenters. The second-order valence-corrected chi connectivity index (χ2v) is 7.29. The van der Waals surface area contributed by atoms with E-state index in [2.05, 4.69) is 33.0 Å². The van der Waals surface area contributed by atoms with Crippen molar-refractivity contribution in [3.8, 4) is 0 Å². The Morgan fingerprint density at radius 1 is 1.28 bits per heavy atom. The van der Waals surface area contributed by atoms with Crippen LogP contribution in [0.25, 0.3) is 0 Å². The minimum Gasteiger partial charge on any atom is -0.325 e. The summed E-state index contributed by atoms with van der Waals surface area (Å²) in [6.07, 6.45) is 2.64. The van der Waals surface area contributed by atoms with Gasteiger partial charge in [-0.3, -0.25) is 14.3 Å². The maximum absolute atomic E-state index is 12.3. The summed E-state index contributed by atoms with van der Waals surface area (Å²) in [6, 6.07) is -0.0653. The number of nitrogens with one attached hydrogen (secondary N) is 1. The molecule has 1 aliphatic heterocycles. The molecule has 0 spiro atoms. The largest absolute Gasteiger partial charge is 0.325 e. The van der Waals surface area contributed by atoms with Gasteiger partial charge in [0.2, 0.25) is 5.91 Å². The van der Waals surface area contributed by atoms with Crippen molar-refractivity contribution in [1.82, 2.24) is 10.2 Å². The van der Waals surface area contributed by atoms with Crippen LogP contribution in [0.5, 0.6) is 0 Å². The van der Waals surface area contributed by atoms with Crippen LogP contribution in [0.3, 0.4) is 0 Å². The van der Waals surface area contributed by atoms with Gasteiger partial charge in [0.25, 0.3) is 0 Å². The van der Waals surface area contributed by atoms with Gasteiger partial charge in [0, 0.05) is 29.4 Å². The van der Waals surface area contributed by atoms with Crippen LogP contribution in [0.2, 0.25) is 0 Å². The fourth-order valence-corrected chi connectivity index (χ4v) is 2.91. The van der Waals surface area contributed by atoms with Crippen LogP contribution in [0, 0.1) is 11.8 Å². The van der Waals surface area contributed by atoms with E-state index in [9.17, 15) is 9.00 Å². The van der Waals surface area contributed by atoms with Gasteiger partial charge in [-0.15, -0.1) is 0 Å². The minimum absolute atomic E-state index is 0.0653. The Bertz CT molecular complexity index is 318. The number of nitrogens with zero attached hydrogens (tertiary/aromatic N) is 1. The van der Waals surface area contributed by atoms with Gasteiger partial charge < -0.3 is 4.90 Å². The van der Waals surface area contributed by atoms with Crippen LogP contribution in [0.15, 0.2) is 0 Å². The number of carbonyl (C=O) groups is 1. The van der Waals surface area contributed by atoms with Crippen LogP contribution < -0.4 is 5.32 Å². The minimum atomic E-state index is -0.775. The summed E-state index contributed by atoms with van der Waals surface area (Å²) in [5.41, 5.74) is 0. The molecule has 1 amide bonds. The molecule has 0 aromatic heterocycles. The Kier molecular flexibility index (Phi) is 5.79. The Hall–Kier alpha value is -0.420. The molecular weight excluding hydrogens is 248 g/mol. The highest BCUT2D eigenvalue weighted by Crippen LogP contribution is 2.21. The lowest BCUT2D eigenvalue weighted by Crippen LogP contribution is -2.42. The first-order valence-corrected chi connectivity index (χ1v) is 8.44. The molecule has 106 valence electrons. The van der Waals surface area contributed by atoms with Crippen molar-refractivity contribution in [2.75, 3.05) is 18.6 Å². The lowest BCUT2D eigenvalue weighted by atomic mass is 10.0. The summed E-state index contributed by atoms with van der Waals surface area (Å²) < 4.78 is 11.1. The molecule has 5 heteroatoms. The van der Waals surface area contributed by atoms with E-state index in [1.165, 1.54) is 0 Å². The van der Waals surface area contributed by atoms with Gasteiger partial charge in [-0.2, -0.15) is 0 Å². The van der Waals surface area contributed by atoms with E-state index in [0.29, 0.717) is 24.1 Å². The zero-order valence-corrected chi connectivity index (χ0v) is 12.9. The average Bonchev–Trinajstić information content (AvgIpc) is 2.56. The average molecular weight is 274 g/mol. The van der Waals surface area contributed by atoms with Gasteiger partial charge >= 0.3 is 0 Å². The highest BCUT2D eigenvalue weighted by molar-refractivity contribution is 7.84. The zero-order chi connectivity index (χ0) is 13.9. The molecule has 3 atom stereocenters. The smallest absolute Gasteiger partial charge is 0.241 e. The van der Waals surface area contributed by atoms with E-state index in [0.717, 1.165) is 6.42 Å². The van der Waals surface area contributed by atoms with E-state index >= 15 is 0 Å². The molecule has 0 saturated carbocycles. The summed E-state index contributed by atoms with van der Waals surface area (Å²) in [4.78, 5) is 14.3. The molecule has 1 N–H and O–H groups in total. The molecule has 0 bridgehead atoms. The number of amides is 1. The van der Waals surface area contributed by atoms with Crippen molar-refractivity contribution in [1.29, 1.82) is 0 Å². The Morgan fingerprint density at radius 2 is 1.89 bits per heavy atom. The summed E-state index contributed by atoms with van der Waals surface area (Å²) >= 11 is 0. The molecule has 4 nitrogen and oxygen atoms in total. The predicted molar refractivity (Wildman–Crippen MR) is 75.7 cm³/mol. The number of hydrogen-bond acceptors (Lipinski definition) is 3. The third-order valence-electron chi connectivity index (χ3n) is 3.36. The third-order valence-corrected chi connectivity index (χ3v) is 4.23. The van der Waals surface area contributed by atoms with E-state index in [1.807, 2.05) is 4.90 Å². The van der Waals surface area contributed by atoms with Crippen molar-refractivity contribution in [3.05, 3.63) is 0 Å². The molecule has 0 aliphatic carbocycles. The van der Waals surface area contributed by atoms with Gasteiger partial charge in [-0.05, 0) is 18.3 Å². The second-order valence-electron chi connectivity index (χ2n) is 5.74. The molecule has 1 saturated heterocycles. The quantitative estimate of drug-likeness (QED) is 0.791. The maximum Gasteiger partial charge on any atom is 0.241 e. The maximum atomic E-state index is 12.3. The third kappa shape index (κ3) is 3.79. The second kappa shape index (κ2) is 6.66. The molecule has 1 rings (SSSR count). The van der Waals surface area contributed by atoms with Gasteiger partial charge in [-0.1, -0.05) is 27.7 Å². The first-order valence-electron chi connectivity index (χ1n) is 6.71. The van der Waals surface area contributed by atoms with Gasteiger partial charge in [0.1, 0.15) is 0 Å². The molecular formula is C13H26N2O2S. The highest BCUT2D eigenvalue weighted by Gasteiger charge is 2.40. The molecule has 0 aromatic rings. The molecule has 1 fully saturated rings. The van der Waals surface area contributed by atoms with Gasteiger partial charge in [0.05, 0.1) is 12.2 Å². The normalized spacial score (nSPS) is 26.4. The SMILES string of the molecule is CC(C)C1NC(C(C)C)N(CCCS(C)=O)C1=O. The van der Waals surface area contributed by atoms with Crippen LogP contribution >= 0.6 is 0 Å². The van der Waals surface area contributed by atoms with Crippen LogP contribution in [-0.4, -0.2) is 45.8 Å². The lowest BCUT2D eigenvalue weighted by Gasteiger charge is -2.27. The summed E-state index contributed by atoms with van der Waals surface area (Å²) in [7, 11) is -0.775. The van der Waals surface area contributed by atoms with Crippen molar-refractivity contribution in [2.45, 2.75) is 46.3 Å². The standard InChI is InChI=1S/C13H26N2O2S/c1-9(2)11-13(16)15(7-6-8-18(5)17)12(14-11)10(3)4/h9-12,14H,6-8H2,1-5H3. The van der Waals surface area contributed by atoms with Crippen molar-refractivity contribution in [2.24, 2.45) is 11.8 Å². The summed E-state index contributed by atoms with van der Waals surface area (Å²) in [6.45, 7) is 9.09. The summed E-state index contributed by atoms with van der Waals surface area (Å²) in [5.74, 6) is 1.57. The topological polar surface area (TPSA) is 49.4 Å². The molecule has 1 aliphatic rings. The zero-order valence-electron chi connectivity index (χ0n) is 12.1. The number of carbonyl (C=O) groups excluding carboxylic acids is 1. The first kappa shape index (κ1) is 15.6. The Labute approximate surface area is 113 Å². The van der Waals surface area contributed by atoms with Crippen molar-refractivity contribution >= 4 is 16.7 Å². The van der Waals surface area contributed by atoms with Crippen LogP contribution in [0.4, 0.5) is 0 Å². The van der Waals surface area contributed by atoms with Crippen LogP contribution in [0.1, 0.15) is 34.1 Å². The lowest BCUT2D eigenvalue weighted by molar-refractivity contribution is -0.131. The van der Waals surface area contributed by atoms with Crippen molar-refractivity contribution in [3.63, 3.8) is 0 Å². The highest BCUT2D eigenvalue weighted by atomic mass is 32.2. The van der Waals surface area contributed by atoms with E-state index < -0.39 is 10.8 Å². The Balaban J connectivity index is 2.66. The van der Waals surface area contributed by atoms with Gasteiger partial charge in [-0.25, -0.2) is 0 Å².